The topological polar surface area (TPSA) is 57.2 Å². The van der Waals surface area contributed by atoms with Gasteiger partial charge in [-0.15, -0.1) is 0 Å². The largest absolute Gasteiger partial charge is 0.502 e. The van der Waals surface area contributed by atoms with Crippen LogP contribution in [-0.2, 0) is 6.42 Å². The van der Waals surface area contributed by atoms with Crippen molar-refractivity contribution >= 4 is 0 Å². The molecule has 23 heavy (non-hydrogen) atoms. The van der Waals surface area contributed by atoms with Gasteiger partial charge >= 0.3 is 0 Å². The fourth-order valence-electron chi connectivity index (χ4n) is 2.37. The minimum absolute atomic E-state index is 0.00273. The number of para-hydroxylation sites is 2. The molecule has 0 aromatic heterocycles. The van der Waals surface area contributed by atoms with E-state index in [-0.39, 0.29) is 11.9 Å². The molecule has 0 saturated heterocycles. The van der Waals surface area contributed by atoms with Gasteiger partial charge in [-0.25, -0.2) is 0 Å². The minimum atomic E-state index is -0.0924. The normalized spacial score (nSPS) is 11.7. The molecule has 1 atom stereocenters. The van der Waals surface area contributed by atoms with Crippen molar-refractivity contribution in [2.75, 3.05) is 21.3 Å². The van der Waals surface area contributed by atoms with Crippen molar-refractivity contribution in [1.82, 2.24) is 0 Å². The van der Waals surface area contributed by atoms with Crippen LogP contribution in [0.3, 0.4) is 0 Å². The van der Waals surface area contributed by atoms with Crippen LogP contribution in [0.25, 0.3) is 0 Å². The molecule has 0 bridgehead atoms. The summed E-state index contributed by atoms with van der Waals surface area (Å²) in [6.45, 7) is 1.97. The average molecular weight is 318 g/mol. The maximum absolute atomic E-state index is 9.95. The Balaban J connectivity index is 2.15. The monoisotopic (exact) mass is 318 g/mol. The molecule has 2 rings (SSSR count). The van der Waals surface area contributed by atoms with Gasteiger partial charge in [-0.2, -0.15) is 0 Å². The molecular weight excluding hydrogens is 296 g/mol. The molecule has 0 saturated carbocycles. The first-order valence-corrected chi connectivity index (χ1v) is 7.32. The third kappa shape index (κ3) is 4.00. The van der Waals surface area contributed by atoms with Gasteiger partial charge in [0.1, 0.15) is 6.10 Å². The highest BCUT2D eigenvalue weighted by molar-refractivity contribution is 5.52. The summed E-state index contributed by atoms with van der Waals surface area (Å²) in [7, 11) is 4.63. The number of phenolic OH excluding ortho intramolecular Hbond substituents is 1. The van der Waals surface area contributed by atoms with Crippen LogP contribution in [0.1, 0.15) is 12.5 Å². The second-order valence-electron chi connectivity index (χ2n) is 5.13. The Bertz CT molecular complexity index is 629. The van der Waals surface area contributed by atoms with Crippen LogP contribution in [-0.4, -0.2) is 32.5 Å². The Morgan fingerprint density at radius 1 is 0.870 bits per heavy atom. The molecule has 5 nitrogen and oxygen atoms in total. The third-order valence-electron chi connectivity index (χ3n) is 3.46. The number of benzene rings is 2. The van der Waals surface area contributed by atoms with Gasteiger partial charge in [0.05, 0.1) is 21.3 Å². The molecule has 0 radical (unpaired) electrons. The maximum atomic E-state index is 9.95. The van der Waals surface area contributed by atoms with Crippen molar-refractivity contribution in [3.8, 4) is 28.7 Å². The highest BCUT2D eigenvalue weighted by Crippen LogP contribution is 2.37. The molecule has 0 amide bonds. The van der Waals surface area contributed by atoms with Crippen molar-refractivity contribution in [1.29, 1.82) is 0 Å². The Kier molecular flexibility index (Phi) is 5.57. The molecule has 0 aliphatic rings. The Morgan fingerprint density at radius 2 is 1.39 bits per heavy atom. The lowest BCUT2D eigenvalue weighted by atomic mass is 10.1. The van der Waals surface area contributed by atoms with Crippen LogP contribution in [0.15, 0.2) is 36.4 Å². The summed E-state index contributed by atoms with van der Waals surface area (Å²) in [6.07, 6.45) is 0.538. The van der Waals surface area contributed by atoms with Crippen LogP contribution in [0.2, 0.25) is 0 Å². The predicted molar refractivity (Wildman–Crippen MR) is 88.0 cm³/mol. The molecule has 1 unspecified atom stereocenters. The lowest BCUT2D eigenvalue weighted by molar-refractivity contribution is 0.211. The van der Waals surface area contributed by atoms with E-state index >= 15 is 0 Å². The van der Waals surface area contributed by atoms with E-state index in [4.69, 9.17) is 18.9 Å². The van der Waals surface area contributed by atoms with Gasteiger partial charge in [0.15, 0.2) is 23.0 Å². The highest BCUT2D eigenvalue weighted by Gasteiger charge is 2.14. The molecule has 0 heterocycles. The average Bonchev–Trinajstić information content (AvgIpc) is 2.56. The molecular formula is C18H22O5. The standard InChI is InChI=1S/C18H22O5/c1-12(23-15-8-6-5-7-14(15)20-2)9-13-10-16(21-3)18(19)17(11-13)22-4/h5-8,10-12,19H,9H2,1-4H3. The maximum Gasteiger partial charge on any atom is 0.200 e. The zero-order valence-corrected chi connectivity index (χ0v) is 13.8. The third-order valence-corrected chi connectivity index (χ3v) is 3.46. The van der Waals surface area contributed by atoms with E-state index in [1.165, 1.54) is 14.2 Å². The molecule has 124 valence electrons. The van der Waals surface area contributed by atoms with Crippen LogP contribution in [0.4, 0.5) is 0 Å². The van der Waals surface area contributed by atoms with Gasteiger partial charge < -0.3 is 24.1 Å². The zero-order chi connectivity index (χ0) is 16.8. The Labute approximate surface area is 136 Å². The van der Waals surface area contributed by atoms with E-state index in [0.717, 1.165) is 5.56 Å². The van der Waals surface area contributed by atoms with Gasteiger partial charge in [-0.05, 0) is 36.8 Å². The van der Waals surface area contributed by atoms with Crippen molar-refractivity contribution in [2.24, 2.45) is 0 Å². The molecule has 0 aliphatic carbocycles. The van der Waals surface area contributed by atoms with E-state index in [9.17, 15) is 5.11 Å². The fourth-order valence-corrected chi connectivity index (χ4v) is 2.37. The van der Waals surface area contributed by atoms with E-state index in [1.807, 2.05) is 31.2 Å². The summed E-state index contributed by atoms with van der Waals surface area (Å²) in [5.74, 6) is 2.14. The number of methoxy groups -OCH3 is 3. The van der Waals surface area contributed by atoms with Gasteiger partial charge in [-0.3, -0.25) is 0 Å². The van der Waals surface area contributed by atoms with Crippen LogP contribution >= 0.6 is 0 Å². The van der Waals surface area contributed by atoms with Gasteiger partial charge in [0.2, 0.25) is 5.75 Å². The lowest BCUT2D eigenvalue weighted by Gasteiger charge is -2.18. The number of phenols is 1. The summed E-state index contributed by atoms with van der Waals surface area (Å²) < 4.78 is 21.6. The SMILES string of the molecule is COc1ccccc1OC(C)Cc1cc(OC)c(O)c(OC)c1. The van der Waals surface area contributed by atoms with E-state index in [2.05, 4.69) is 0 Å². The van der Waals surface area contributed by atoms with Crippen molar-refractivity contribution in [2.45, 2.75) is 19.4 Å². The van der Waals surface area contributed by atoms with Crippen molar-refractivity contribution < 1.29 is 24.1 Å². The van der Waals surface area contributed by atoms with Crippen LogP contribution in [0, 0.1) is 0 Å². The molecule has 0 aliphatic heterocycles. The van der Waals surface area contributed by atoms with E-state index in [1.54, 1.807) is 19.2 Å². The first kappa shape index (κ1) is 16.8. The number of aromatic hydroxyl groups is 1. The molecule has 2 aromatic carbocycles. The number of ether oxygens (including phenoxy) is 4. The Hall–Kier alpha value is -2.56. The highest BCUT2D eigenvalue weighted by atomic mass is 16.5. The smallest absolute Gasteiger partial charge is 0.200 e. The number of hydrogen-bond acceptors (Lipinski definition) is 5. The number of hydrogen-bond donors (Lipinski definition) is 1. The predicted octanol–water partition coefficient (Wildman–Crippen LogP) is 3.43. The van der Waals surface area contributed by atoms with Gasteiger partial charge in [0.25, 0.3) is 0 Å². The van der Waals surface area contributed by atoms with Crippen LogP contribution < -0.4 is 18.9 Å². The van der Waals surface area contributed by atoms with E-state index in [0.29, 0.717) is 29.4 Å². The lowest BCUT2D eigenvalue weighted by Crippen LogP contribution is -2.15. The summed E-state index contributed by atoms with van der Waals surface area (Å²) in [4.78, 5) is 0. The molecule has 0 fully saturated rings. The Morgan fingerprint density at radius 3 is 1.91 bits per heavy atom. The first-order valence-electron chi connectivity index (χ1n) is 7.32. The minimum Gasteiger partial charge on any atom is -0.502 e. The fraction of sp³-hybridized carbons (Fsp3) is 0.333. The molecule has 1 N–H and O–H groups in total. The number of rotatable bonds is 7. The second-order valence-corrected chi connectivity index (χ2v) is 5.13. The van der Waals surface area contributed by atoms with E-state index < -0.39 is 0 Å². The first-order chi connectivity index (χ1) is 11.1. The summed E-state index contributed by atoms with van der Waals surface area (Å²) >= 11 is 0. The quantitative estimate of drug-likeness (QED) is 0.847. The van der Waals surface area contributed by atoms with Crippen molar-refractivity contribution in [3.05, 3.63) is 42.0 Å². The van der Waals surface area contributed by atoms with Crippen LogP contribution in [0.5, 0.6) is 28.7 Å². The summed E-state index contributed by atoms with van der Waals surface area (Å²) in [5.41, 5.74) is 0.943. The molecule has 0 spiro atoms. The second kappa shape index (κ2) is 7.63. The van der Waals surface area contributed by atoms with Gasteiger partial charge in [0, 0.05) is 6.42 Å². The zero-order valence-electron chi connectivity index (χ0n) is 13.8. The van der Waals surface area contributed by atoms with Crippen molar-refractivity contribution in [3.63, 3.8) is 0 Å². The summed E-state index contributed by atoms with van der Waals surface area (Å²) in [5, 5.41) is 9.95. The van der Waals surface area contributed by atoms with Gasteiger partial charge in [-0.1, -0.05) is 12.1 Å². The molecule has 5 heteroatoms. The molecule has 2 aromatic rings. The summed E-state index contributed by atoms with van der Waals surface area (Å²) in [6, 6.07) is 11.1.